The molecule has 5 aliphatic rings. The van der Waals surface area contributed by atoms with Crippen molar-refractivity contribution in [2.75, 3.05) is 62.9 Å². The molecule has 4 fully saturated rings. The molecule has 19 heteroatoms. The number of aryl methyl sites for hydroxylation is 1. The molecule has 5 amide bonds. The van der Waals surface area contributed by atoms with Gasteiger partial charge in [0.25, 0.3) is 11.8 Å². The third kappa shape index (κ3) is 8.25. The molecule has 5 heterocycles. The number of imide groups is 2. The summed E-state index contributed by atoms with van der Waals surface area (Å²) in [6, 6.07) is 10.0. The number of nitrogens with one attached hydrogen (secondary N) is 3. The smallest absolute Gasteiger partial charge is 0.416 e. The molecule has 65 heavy (non-hydrogen) atoms. The first kappa shape index (κ1) is 43.7. The summed E-state index contributed by atoms with van der Waals surface area (Å²) < 4.78 is 53.2. The normalized spacial score (nSPS) is 22.4. The Morgan fingerprint density at radius 1 is 1.00 bits per heavy atom. The van der Waals surface area contributed by atoms with Gasteiger partial charge in [-0.15, -0.1) is 0 Å². The zero-order valence-corrected chi connectivity index (χ0v) is 36.4. The maximum absolute atomic E-state index is 13.8. The zero-order chi connectivity index (χ0) is 46.1. The number of nitrogens with two attached hydrogens (primary N) is 1. The first-order chi connectivity index (χ1) is 30.9. The van der Waals surface area contributed by atoms with E-state index in [-0.39, 0.29) is 52.8 Å². The van der Waals surface area contributed by atoms with E-state index < -0.39 is 53.5 Å². The summed E-state index contributed by atoms with van der Waals surface area (Å²) >= 11 is 0. The van der Waals surface area contributed by atoms with E-state index in [1.165, 1.54) is 13.2 Å². The highest BCUT2D eigenvalue weighted by Gasteiger charge is 2.52. The lowest BCUT2D eigenvalue weighted by Gasteiger charge is -2.32. The van der Waals surface area contributed by atoms with Gasteiger partial charge in [0.2, 0.25) is 17.7 Å². The largest absolute Gasteiger partial charge is 0.493 e. The summed E-state index contributed by atoms with van der Waals surface area (Å²) in [7, 11) is 3.16. The third-order valence-electron chi connectivity index (χ3n) is 13.7. The lowest BCUT2D eigenvalue weighted by molar-refractivity contribution is -0.138. The number of likely N-dealkylation sites (tertiary alicyclic amines) is 1. The van der Waals surface area contributed by atoms with E-state index in [1.54, 1.807) is 45.2 Å². The molecule has 1 aromatic heterocycles. The molecule has 4 aliphatic heterocycles. The van der Waals surface area contributed by atoms with Crippen LogP contribution in [0.1, 0.15) is 82.7 Å². The number of hydrogen-bond donors (Lipinski definition) is 4. The average Bonchev–Trinajstić information content (AvgIpc) is 3.62. The molecule has 3 saturated heterocycles. The van der Waals surface area contributed by atoms with Gasteiger partial charge in [-0.05, 0) is 93.3 Å². The number of piperidine rings is 1. The topological polar surface area (TPSA) is 201 Å². The number of benzene rings is 3. The van der Waals surface area contributed by atoms with Crippen LogP contribution in [0, 0.1) is 24.2 Å². The van der Waals surface area contributed by atoms with Crippen molar-refractivity contribution in [1.29, 1.82) is 0 Å². The fourth-order valence-corrected chi connectivity index (χ4v) is 10.0. The van der Waals surface area contributed by atoms with Gasteiger partial charge in [-0.3, -0.25) is 39.1 Å². The van der Waals surface area contributed by atoms with Crippen molar-refractivity contribution in [2.24, 2.45) is 17.3 Å². The minimum Gasteiger partial charge on any atom is -0.493 e. The number of nitrogens with zero attached hydrogens (tertiary/aromatic N) is 5. The van der Waals surface area contributed by atoms with Gasteiger partial charge < -0.3 is 30.7 Å². The summed E-state index contributed by atoms with van der Waals surface area (Å²) in [4.78, 5) is 80.0. The molecule has 3 aromatic carbocycles. The first-order valence-corrected chi connectivity index (χ1v) is 21.7. The van der Waals surface area contributed by atoms with Crippen LogP contribution in [-0.4, -0.2) is 108 Å². The third-order valence-corrected chi connectivity index (χ3v) is 13.7. The number of fused-ring (bicyclic) bond motifs is 3. The Morgan fingerprint density at radius 3 is 2.40 bits per heavy atom. The fourth-order valence-electron chi connectivity index (χ4n) is 10.0. The molecule has 1 saturated carbocycles. The van der Waals surface area contributed by atoms with Crippen molar-refractivity contribution in [2.45, 2.75) is 70.3 Å². The van der Waals surface area contributed by atoms with Crippen LogP contribution in [-0.2, 0) is 20.6 Å². The zero-order valence-electron chi connectivity index (χ0n) is 36.4. The molecule has 5 N–H and O–H groups in total. The number of methoxy groups -OCH3 is 1. The molecule has 9 rings (SSSR count). The standard InChI is InChI=1S/C46H50F3N9O7/c1-23(25-12-28(46(47,48)49)14-29(50)13-25)52-40-31-15-37(36(64-4)16-32(31)53-24(2)54-40)65-22-45(10-11-45)17-35(41(60)51-3)57-20-26-18-56(19-27(26)21-57)33-7-5-6-30-39(33)44(63)58(43(30)62)34-8-9-38(59)55-42(34)61/h5-7,12-16,23,26-27,34-35H,8-11,17-22,50H2,1-4H3,(H,51,60)(H,52,53,54)(H,55,59,61)/t23-,26?,27?,34?,35?/m1/s1. The second-order valence-corrected chi connectivity index (χ2v) is 18.0. The molecule has 1 aliphatic carbocycles. The number of carbonyl (C=O) groups is 5. The van der Waals surface area contributed by atoms with E-state index >= 15 is 0 Å². The van der Waals surface area contributed by atoms with Crippen LogP contribution in [0.25, 0.3) is 10.9 Å². The second kappa shape index (κ2) is 16.5. The average molecular weight is 898 g/mol. The number of aromatic nitrogens is 2. The Bertz CT molecular complexity index is 2620. The van der Waals surface area contributed by atoms with Crippen LogP contribution in [0.5, 0.6) is 11.5 Å². The Kier molecular flexibility index (Phi) is 11.1. The maximum Gasteiger partial charge on any atom is 0.416 e. The van der Waals surface area contributed by atoms with Gasteiger partial charge in [0.05, 0.1) is 53.7 Å². The van der Waals surface area contributed by atoms with Crippen molar-refractivity contribution in [3.05, 3.63) is 76.6 Å². The molecule has 5 atom stereocenters. The van der Waals surface area contributed by atoms with E-state index in [0.29, 0.717) is 84.5 Å². The van der Waals surface area contributed by atoms with Crippen LogP contribution in [0.4, 0.5) is 30.4 Å². The number of ether oxygens (including phenoxy) is 2. The number of likely N-dealkylation sites (N-methyl/N-ethyl adjacent to an activating group) is 1. The second-order valence-electron chi connectivity index (χ2n) is 18.0. The SMILES string of the molecule is CNC(=O)C(CC1(COc2cc3c(N[C@H](C)c4cc(N)cc(C(F)(F)F)c4)nc(C)nc3cc2OC)CC1)N1CC2CN(c3cccc4c3C(=O)N(C3CCC(=O)NC3=O)C4=O)CC2C1. The molecule has 342 valence electrons. The Hall–Kier alpha value is -6.50. The van der Waals surface area contributed by atoms with Crippen molar-refractivity contribution in [3.63, 3.8) is 0 Å². The molecular weight excluding hydrogens is 848 g/mol. The molecular formula is C46H50F3N9O7. The first-order valence-electron chi connectivity index (χ1n) is 21.7. The highest BCUT2D eigenvalue weighted by Crippen LogP contribution is 2.52. The maximum atomic E-state index is 13.8. The van der Waals surface area contributed by atoms with Gasteiger partial charge in [0, 0.05) is 62.2 Å². The van der Waals surface area contributed by atoms with Gasteiger partial charge >= 0.3 is 6.18 Å². The lowest BCUT2D eigenvalue weighted by Crippen LogP contribution is -2.54. The van der Waals surface area contributed by atoms with Gasteiger partial charge in [0.1, 0.15) is 17.7 Å². The molecule has 0 bridgehead atoms. The van der Waals surface area contributed by atoms with Crippen molar-refractivity contribution in [1.82, 2.24) is 30.4 Å². The number of alkyl halides is 3. The van der Waals surface area contributed by atoms with Crippen LogP contribution in [0.2, 0.25) is 0 Å². The van der Waals surface area contributed by atoms with Crippen LogP contribution >= 0.6 is 0 Å². The monoisotopic (exact) mass is 897 g/mol. The molecule has 0 radical (unpaired) electrons. The number of nitrogen functional groups attached to an aromatic ring is 1. The summed E-state index contributed by atoms with van der Waals surface area (Å²) in [5.74, 6) is -0.180. The minimum absolute atomic E-state index is 0.00783. The van der Waals surface area contributed by atoms with E-state index in [2.05, 4.69) is 35.7 Å². The van der Waals surface area contributed by atoms with Crippen LogP contribution in [0.15, 0.2) is 48.5 Å². The Balaban J connectivity index is 0.881. The van der Waals surface area contributed by atoms with E-state index in [1.807, 2.05) is 6.07 Å². The quantitative estimate of drug-likeness (QED) is 0.105. The number of amides is 5. The van der Waals surface area contributed by atoms with Gasteiger partial charge in [-0.1, -0.05) is 6.07 Å². The van der Waals surface area contributed by atoms with Crippen molar-refractivity contribution >= 4 is 57.6 Å². The number of anilines is 3. The lowest BCUT2D eigenvalue weighted by atomic mass is 9.96. The predicted molar refractivity (Wildman–Crippen MR) is 232 cm³/mol. The van der Waals surface area contributed by atoms with Gasteiger partial charge in [0.15, 0.2) is 11.5 Å². The summed E-state index contributed by atoms with van der Waals surface area (Å²) in [6.45, 7) is 6.27. The summed E-state index contributed by atoms with van der Waals surface area (Å²) in [5.41, 5.74) is 6.75. The molecule has 0 spiro atoms. The Morgan fingerprint density at radius 2 is 1.74 bits per heavy atom. The minimum atomic E-state index is -4.56. The number of carbonyl (C=O) groups excluding carboxylic acids is 5. The summed E-state index contributed by atoms with van der Waals surface area (Å²) in [6.07, 6.45) is -2.20. The van der Waals surface area contributed by atoms with Crippen LogP contribution < -0.4 is 36.1 Å². The van der Waals surface area contributed by atoms with Crippen molar-refractivity contribution in [3.8, 4) is 11.5 Å². The predicted octanol–water partition coefficient (Wildman–Crippen LogP) is 4.85. The van der Waals surface area contributed by atoms with E-state index in [0.717, 1.165) is 29.9 Å². The van der Waals surface area contributed by atoms with E-state index in [4.69, 9.17) is 15.2 Å². The number of halogens is 3. The highest BCUT2D eigenvalue weighted by molar-refractivity contribution is 6.25. The number of rotatable bonds is 13. The van der Waals surface area contributed by atoms with Crippen LogP contribution in [0.3, 0.4) is 0 Å². The molecule has 4 unspecified atom stereocenters. The Labute approximate surface area is 372 Å². The highest BCUT2D eigenvalue weighted by atomic mass is 19.4. The van der Waals surface area contributed by atoms with Crippen molar-refractivity contribution < 1.29 is 46.6 Å². The van der Waals surface area contributed by atoms with E-state index in [9.17, 15) is 37.1 Å². The number of hydrogen-bond acceptors (Lipinski definition) is 13. The molecule has 4 aromatic rings. The van der Waals surface area contributed by atoms with Gasteiger partial charge in [-0.2, -0.15) is 13.2 Å². The summed E-state index contributed by atoms with van der Waals surface area (Å²) in [5, 5.41) is 8.95. The fraction of sp³-hybridized carbons (Fsp3) is 0.457. The van der Waals surface area contributed by atoms with Gasteiger partial charge in [-0.25, -0.2) is 9.97 Å². The molecule has 16 nitrogen and oxygen atoms in total.